The van der Waals surface area contributed by atoms with Crippen molar-refractivity contribution in [3.05, 3.63) is 0 Å². The zero-order valence-electron chi connectivity index (χ0n) is 4.99. The molecule has 0 atom stereocenters. The zero-order valence-corrected chi connectivity index (χ0v) is 4.99. The molecule has 0 radical (unpaired) electrons. The van der Waals surface area contributed by atoms with Crippen molar-refractivity contribution in [3.63, 3.8) is 0 Å². The van der Waals surface area contributed by atoms with Crippen molar-refractivity contribution in [2.24, 2.45) is 0 Å². The van der Waals surface area contributed by atoms with Crippen LogP contribution in [-0.4, -0.2) is 19.7 Å². The lowest BCUT2D eigenvalue weighted by Crippen LogP contribution is -2.22. The molecule has 0 aromatic rings. The maximum absolute atomic E-state index is 6.51. The lowest BCUT2D eigenvalue weighted by Gasteiger charge is -2.15. The van der Waals surface area contributed by atoms with Crippen LogP contribution in [-0.2, 0) is 4.74 Å². The van der Waals surface area contributed by atoms with Crippen LogP contribution in [0.2, 0.25) is 0 Å². The van der Waals surface area contributed by atoms with Crippen LogP contribution in [0.1, 0.15) is 13.8 Å². The fourth-order valence-electron chi connectivity index (χ4n) is 0.177. The Hall–Kier alpha value is -0.465. The lowest BCUT2D eigenvalue weighted by molar-refractivity contribution is 0.194. The van der Waals surface area contributed by atoms with Gasteiger partial charge in [-0.3, -0.25) is 5.41 Å². The maximum Gasteiger partial charge on any atom is 0.166 e. The van der Waals surface area contributed by atoms with Crippen LogP contribution >= 0.6 is 0 Å². The minimum Gasteiger partial charge on any atom is -0.487 e. The van der Waals surface area contributed by atoms with Gasteiger partial charge in [0.15, 0.2) is 14.2 Å². The average Bonchev–Trinajstić information content (AvgIpc) is 1.30. The van der Waals surface area contributed by atoms with Gasteiger partial charge in [0.25, 0.3) is 0 Å². The quantitative estimate of drug-likeness (QED) is 0.294. The minimum atomic E-state index is -0.193. The molecule has 0 unspecified atom stereocenters. The second kappa shape index (κ2) is 2.00. The van der Waals surface area contributed by atoms with E-state index >= 15 is 0 Å². The molecule has 0 rings (SSSR count). The normalized spacial score (nSPS) is 10.6. The summed E-state index contributed by atoms with van der Waals surface area (Å²) in [6, 6.07) is 0. The Morgan fingerprint density at radius 2 is 2.14 bits per heavy atom. The highest BCUT2D eigenvalue weighted by Crippen LogP contribution is 1.97. The maximum atomic E-state index is 6.51. The van der Waals surface area contributed by atoms with Gasteiger partial charge in [0.05, 0.1) is 5.50 Å². The Bertz CT molecular complexity index is 66.6. The summed E-state index contributed by atoms with van der Waals surface area (Å²) in [5, 5.41) is 6.51. The number of nitrogens with one attached hydrogen (secondary N) is 1. The van der Waals surface area contributed by atoms with E-state index in [2.05, 4.69) is 0 Å². The van der Waals surface area contributed by atoms with Crippen LogP contribution in [0, 0.1) is 5.41 Å². The molecule has 0 saturated heterocycles. The first-order valence-electron chi connectivity index (χ1n) is 2.23. The number of hydrogen-bond acceptors (Lipinski definition) is 2. The highest BCUT2D eigenvalue weighted by atomic mass is 16.5. The third-order valence-corrected chi connectivity index (χ3v) is 0.412. The van der Waals surface area contributed by atoms with Crippen molar-refractivity contribution in [2.75, 3.05) is 0 Å². The molecule has 1 N–H and O–H groups in total. The molecule has 0 amide bonds. The fourth-order valence-corrected chi connectivity index (χ4v) is 0.177. The van der Waals surface area contributed by atoms with Crippen LogP contribution in [0.25, 0.3) is 0 Å². The van der Waals surface area contributed by atoms with Crippen LogP contribution in [0.3, 0.4) is 0 Å². The van der Waals surface area contributed by atoms with E-state index in [1.165, 1.54) is 0 Å². The SMILES string of the molecule is BC(C)(C)OC=N. The minimum absolute atomic E-state index is 0.193. The second-order valence-electron chi connectivity index (χ2n) is 2.35. The summed E-state index contributed by atoms with van der Waals surface area (Å²) in [7, 11) is 1.90. The Morgan fingerprint density at radius 1 is 1.71 bits per heavy atom. The second-order valence-corrected chi connectivity index (χ2v) is 2.35. The van der Waals surface area contributed by atoms with Gasteiger partial charge in [-0.15, -0.1) is 0 Å². The summed E-state index contributed by atoms with van der Waals surface area (Å²) < 4.78 is 4.77. The van der Waals surface area contributed by atoms with Crippen molar-refractivity contribution >= 4 is 14.2 Å². The first-order valence-corrected chi connectivity index (χ1v) is 2.23. The van der Waals surface area contributed by atoms with Crippen LogP contribution < -0.4 is 0 Å². The summed E-state index contributed by atoms with van der Waals surface area (Å²) in [4.78, 5) is 0. The summed E-state index contributed by atoms with van der Waals surface area (Å²) in [5.74, 6) is 0. The van der Waals surface area contributed by atoms with E-state index in [1.54, 1.807) is 0 Å². The molecule has 0 saturated carbocycles. The summed E-state index contributed by atoms with van der Waals surface area (Å²) >= 11 is 0. The van der Waals surface area contributed by atoms with Gasteiger partial charge in [-0.25, -0.2) is 0 Å². The smallest absolute Gasteiger partial charge is 0.166 e. The van der Waals surface area contributed by atoms with Gasteiger partial charge in [0.1, 0.15) is 0 Å². The number of ether oxygens (including phenoxy) is 1. The van der Waals surface area contributed by atoms with E-state index in [-0.39, 0.29) is 5.50 Å². The predicted octanol–water partition coefficient (Wildman–Crippen LogP) is -0.0207. The first kappa shape index (κ1) is 6.53. The van der Waals surface area contributed by atoms with Crippen LogP contribution in [0.4, 0.5) is 0 Å². The summed E-state index contributed by atoms with van der Waals surface area (Å²) in [6.45, 7) is 3.80. The highest BCUT2D eigenvalue weighted by Gasteiger charge is 2.06. The molecule has 7 heavy (non-hydrogen) atoms. The molecule has 0 aromatic heterocycles. The Balaban J connectivity index is 3.34. The van der Waals surface area contributed by atoms with E-state index in [4.69, 9.17) is 10.1 Å². The Labute approximate surface area is 44.8 Å². The van der Waals surface area contributed by atoms with E-state index in [0.29, 0.717) is 0 Å². The molecular formula is C4H10BNO. The van der Waals surface area contributed by atoms with E-state index < -0.39 is 0 Å². The largest absolute Gasteiger partial charge is 0.487 e. The summed E-state index contributed by atoms with van der Waals surface area (Å²) in [6.07, 6.45) is 0.958. The third-order valence-electron chi connectivity index (χ3n) is 0.412. The van der Waals surface area contributed by atoms with Crippen molar-refractivity contribution in [1.82, 2.24) is 0 Å². The fraction of sp³-hybridized carbons (Fsp3) is 0.750. The van der Waals surface area contributed by atoms with Gasteiger partial charge < -0.3 is 4.74 Å². The molecule has 0 bridgehead atoms. The van der Waals surface area contributed by atoms with Crippen molar-refractivity contribution in [3.8, 4) is 0 Å². The van der Waals surface area contributed by atoms with Crippen molar-refractivity contribution in [1.29, 1.82) is 5.41 Å². The standard InChI is InChI=1S/C4H10BNO/c1-4(2,5)7-3-6/h3,6H,5H2,1-2H3. The van der Waals surface area contributed by atoms with E-state index in [0.717, 1.165) is 6.40 Å². The summed E-state index contributed by atoms with van der Waals surface area (Å²) in [5.41, 5.74) is -0.193. The molecule has 0 fully saturated rings. The molecule has 0 aromatic carbocycles. The number of hydrogen-bond donors (Lipinski definition) is 1. The van der Waals surface area contributed by atoms with E-state index in [9.17, 15) is 0 Å². The molecule has 0 aliphatic heterocycles. The van der Waals surface area contributed by atoms with Gasteiger partial charge in [0.2, 0.25) is 0 Å². The molecule has 0 heterocycles. The van der Waals surface area contributed by atoms with Gasteiger partial charge in [0, 0.05) is 0 Å². The Kier molecular flexibility index (Phi) is 1.87. The third kappa shape index (κ3) is 5.53. The topological polar surface area (TPSA) is 33.1 Å². The molecule has 3 heteroatoms. The van der Waals surface area contributed by atoms with E-state index in [1.807, 2.05) is 21.7 Å². The van der Waals surface area contributed by atoms with Crippen LogP contribution in [0.15, 0.2) is 0 Å². The Morgan fingerprint density at radius 3 is 2.14 bits per heavy atom. The number of rotatable bonds is 2. The van der Waals surface area contributed by atoms with Gasteiger partial charge in [-0.1, -0.05) is 0 Å². The lowest BCUT2D eigenvalue weighted by atomic mass is 9.86. The monoisotopic (exact) mass is 99.1 g/mol. The zero-order chi connectivity index (χ0) is 5.91. The molecular weight excluding hydrogens is 88.9 g/mol. The molecule has 0 aliphatic rings. The average molecular weight is 98.9 g/mol. The van der Waals surface area contributed by atoms with Crippen LogP contribution in [0.5, 0.6) is 0 Å². The highest BCUT2D eigenvalue weighted by molar-refractivity contribution is 6.14. The molecule has 0 spiro atoms. The molecule has 0 aliphatic carbocycles. The van der Waals surface area contributed by atoms with Crippen molar-refractivity contribution < 1.29 is 4.74 Å². The predicted molar refractivity (Wildman–Crippen MR) is 32.5 cm³/mol. The van der Waals surface area contributed by atoms with Crippen molar-refractivity contribution in [2.45, 2.75) is 19.3 Å². The van der Waals surface area contributed by atoms with Gasteiger partial charge >= 0.3 is 0 Å². The molecule has 40 valence electrons. The van der Waals surface area contributed by atoms with Gasteiger partial charge in [-0.2, -0.15) is 0 Å². The first-order chi connectivity index (χ1) is 3.06. The molecule has 2 nitrogen and oxygen atoms in total. The van der Waals surface area contributed by atoms with Gasteiger partial charge in [-0.05, 0) is 13.8 Å².